The van der Waals surface area contributed by atoms with Crippen molar-refractivity contribution in [1.29, 1.82) is 0 Å². The van der Waals surface area contributed by atoms with Crippen LogP contribution < -0.4 is 5.32 Å². The molecule has 2 aromatic rings. The summed E-state index contributed by atoms with van der Waals surface area (Å²) >= 11 is 5.45. The zero-order valence-electron chi connectivity index (χ0n) is 11.9. The standard InChI is InChI=1S/C17H20BrNS/c1-11-10-15(20-17(11)18)16(19-2)14-8-6-13(7-9-14)12-4-3-5-12/h6-10,12,16,19H,3-5H2,1-2H3. The van der Waals surface area contributed by atoms with Crippen molar-refractivity contribution in [1.82, 2.24) is 5.32 Å². The number of nitrogens with one attached hydrogen (secondary N) is 1. The average Bonchev–Trinajstić information content (AvgIpc) is 2.70. The Morgan fingerprint density at radius 1 is 1.25 bits per heavy atom. The van der Waals surface area contributed by atoms with Crippen molar-refractivity contribution >= 4 is 27.3 Å². The second-order valence-electron chi connectivity index (χ2n) is 5.62. The van der Waals surface area contributed by atoms with E-state index in [2.05, 4.69) is 58.5 Å². The van der Waals surface area contributed by atoms with Crippen molar-refractivity contribution in [2.24, 2.45) is 0 Å². The van der Waals surface area contributed by atoms with E-state index in [-0.39, 0.29) is 0 Å². The Kier molecular flexibility index (Phi) is 4.29. The molecule has 1 unspecified atom stereocenters. The first kappa shape index (κ1) is 14.3. The molecule has 0 aliphatic heterocycles. The average molecular weight is 350 g/mol. The van der Waals surface area contributed by atoms with E-state index in [1.54, 1.807) is 0 Å². The van der Waals surface area contributed by atoms with E-state index in [4.69, 9.17) is 0 Å². The van der Waals surface area contributed by atoms with Crippen LogP contribution in [-0.4, -0.2) is 7.05 Å². The molecule has 0 radical (unpaired) electrons. The molecule has 1 aliphatic carbocycles. The van der Waals surface area contributed by atoms with Gasteiger partial charge in [-0.05, 0) is 71.4 Å². The van der Waals surface area contributed by atoms with Crippen LogP contribution in [0.3, 0.4) is 0 Å². The molecule has 1 heterocycles. The maximum absolute atomic E-state index is 3.62. The Balaban J connectivity index is 1.85. The molecule has 20 heavy (non-hydrogen) atoms. The molecule has 3 heteroatoms. The lowest BCUT2D eigenvalue weighted by molar-refractivity contribution is 0.419. The summed E-state index contributed by atoms with van der Waals surface area (Å²) in [6.45, 7) is 2.15. The predicted octanol–water partition coefficient (Wildman–Crippen LogP) is 5.40. The van der Waals surface area contributed by atoms with Gasteiger partial charge in [-0.2, -0.15) is 0 Å². The molecule has 1 aromatic carbocycles. The molecule has 1 nitrogen and oxygen atoms in total. The first-order valence-corrected chi connectivity index (χ1v) is 8.83. The second-order valence-corrected chi connectivity index (χ2v) is 8.02. The van der Waals surface area contributed by atoms with Crippen LogP contribution in [0.2, 0.25) is 0 Å². The van der Waals surface area contributed by atoms with Gasteiger partial charge in [0.2, 0.25) is 0 Å². The van der Waals surface area contributed by atoms with Crippen molar-refractivity contribution in [3.63, 3.8) is 0 Å². The highest BCUT2D eigenvalue weighted by molar-refractivity contribution is 9.11. The van der Waals surface area contributed by atoms with Crippen LogP contribution >= 0.6 is 27.3 Å². The monoisotopic (exact) mass is 349 g/mol. The fourth-order valence-corrected chi connectivity index (χ4v) is 4.51. The fraction of sp³-hybridized carbons (Fsp3) is 0.412. The maximum atomic E-state index is 3.62. The van der Waals surface area contributed by atoms with Gasteiger partial charge in [0.15, 0.2) is 0 Å². The molecule has 1 saturated carbocycles. The van der Waals surface area contributed by atoms with E-state index in [0.29, 0.717) is 6.04 Å². The first-order chi connectivity index (χ1) is 9.69. The third-order valence-electron chi connectivity index (χ3n) is 4.30. The molecule has 1 aromatic heterocycles. The van der Waals surface area contributed by atoms with Gasteiger partial charge in [-0.15, -0.1) is 11.3 Å². The molecular weight excluding hydrogens is 330 g/mol. The predicted molar refractivity (Wildman–Crippen MR) is 90.7 cm³/mol. The van der Waals surface area contributed by atoms with Gasteiger partial charge in [-0.3, -0.25) is 0 Å². The van der Waals surface area contributed by atoms with Crippen LogP contribution in [0.1, 0.15) is 52.8 Å². The number of benzene rings is 1. The minimum absolute atomic E-state index is 0.292. The number of hydrogen-bond donors (Lipinski definition) is 1. The van der Waals surface area contributed by atoms with Gasteiger partial charge in [0.1, 0.15) is 0 Å². The molecule has 0 bridgehead atoms. The largest absolute Gasteiger partial charge is 0.309 e. The van der Waals surface area contributed by atoms with Crippen LogP contribution in [0.25, 0.3) is 0 Å². The topological polar surface area (TPSA) is 12.0 Å². The summed E-state index contributed by atoms with van der Waals surface area (Å²) in [5.41, 5.74) is 4.18. The molecule has 1 fully saturated rings. The SMILES string of the molecule is CNC(c1ccc(C2CCC2)cc1)c1cc(C)c(Br)s1. The summed E-state index contributed by atoms with van der Waals surface area (Å²) in [6, 6.07) is 11.8. The highest BCUT2D eigenvalue weighted by Gasteiger charge is 2.20. The van der Waals surface area contributed by atoms with Crippen molar-refractivity contribution in [3.05, 3.63) is 55.7 Å². The van der Waals surface area contributed by atoms with E-state index in [9.17, 15) is 0 Å². The fourth-order valence-electron chi connectivity index (χ4n) is 2.80. The molecule has 0 saturated heterocycles. The van der Waals surface area contributed by atoms with Gasteiger partial charge in [0.25, 0.3) is 0 Å². The van der Waals surface area contributed by atoms with E-state index >= 15 is 0 Å². The van der Waals surface area contributed by atoms with Crippen molar-refractivity contribution in [3.8, 4) is 0 Å². The quantitative estimate of drug-likeness (QED) is 0.779. The zero-order valence-corrected chi connectivity index (χ0v) is 14.4. The Hall–Kier alpha value is -0.640. The molecule has 1 N–H and O–H groups in total. The minimum Gasteiger partial charge on any atom is -0.309 e. The molecule has 1 aliphatic rings. The molecule has 1 atom stereocenters. The van der Waals surface area contributed by atoms with Crippen LogP contribution in [0.15, 0.2) is 34.1 Å². The highest BCUT2D eigenvalue weighted by Crippen LogP contribution is 2.38. The Morgan fingerprint density at radius 3 is 2.40 bits per heavy atom. The van der Waals surface area contributed by atoms with E-state index < -0.39 is 0 Å². The first-order valence-electron chi connectivity index (χ1n) is 7.22. The number of hydrogen-bond acceptors (Lipinski definition) is 2. The lowest BCUT2D eigenvalue weighted by atomic mass is 9.80. The van der Waals surface area contributed by atoms with Crippen molar-refractivity contribution < 1.29 is 0 Å². The van der Waals surface area contributed by atoms with Gasteiger partial charge in [-0.1, -0.05) is 30.7 Å². The van der Waals surface area contributed by atoms with Crippen LogP contribution in [0.5, 0.6) is 0 Å². The number of halogens is 1. The minimum atomic E-state index is 0.292. The number of aryl methyl sites for hydroxylation is 1. The summed E-state index contributed by atoms with van der Waals surface area (Å²) < 4.78 is 1.24. The molecule has 0 spiro atoms. The Morgan fingerprint density at radius 2 is 1.95 bits per heavy atom. The van der Waals surface area contributed by atoms with Gasteiger partial charge in [0, 0.05) is 4.88 Å². The number of rotatable bonds is 4. The summed E-state index contributed by atoms with van der Waals surface area (Å²) in [5, 5.41) is 3.44. The molecule has 0 amide bonds. The van der Waals surface area contributed by atoms with Gasteiger partial charge < -0.3 is 5.32 Å². The summed E-state index contributed by atoms with van der Waals surface area (Å²) in [6.07, 6.45) is 4.13. The molecular formula is C17H20BrNS. The van der Waals surface area contributed by atoms with Crippen LogP contribution in [0, 0.1) is 6.92 Å². The van der Waals surface area contributed by atoms with Crippen LogP contribution in [-0.2, 0) is 0 Å². The van der Waals surface area contributed by atoms with Crippen molar-refractivity contribution in [2.75, 3.05) is 7.05 Å². The lowest BCUT2D eigenvalue weighted by Gasteiger charge is -2.26. The lowest BCUT2D eigenvalue weighted by Crippen LogP contribution is -2.16. The maximum Gasteiger partial charge on any atom is 0.0731 e. The van der Waals surface area contributed by atoms with Gasteiger partial charge >= 0.3 is 0 Å². The van der Waals surface area contributed by atoms with Crippen LogP contribution in [0.4, 0.5) is 0 Å². The summed E-state index contributed by atoms with van der Waals surface area (Å²) in [5.74, 6) is 0.815. The highest BCUT2D eigenvalue weighted by atomic mass is 79.9. The Bertz CT molecular complexity index is 564. The molecule has 3 rings (SSSR count). The summed E-state index contributed by atoms with van der Waals surface area (Å²) in [7, 11) is 2.04. The number of thiophene rings is 1. The molecule has 106 valence electrons. The smallest absolute Gasteiger partial charge is 0.0731 e. The van der Waals surface area contributed by atoms with E-state index in [1.165, 1.54) is 44.6 Å². The third-order valence-corrected chi connectivity index (χ3v) is 6.50. The van der Waals surface area contributed by atoms with E-state index in [0.717, 1.165) is 5.92 Å². The second kappa shape index (κ2) is 6.00. The zero-order chi connectivity index (χ0) is 14.1. The van der Waals surface area contributed by atoms with Crippen molar-refractivity contribution in [2.45, 2.75) is 38.1 Å². The summed E-state index contributed by atoms with van der Waals surface area (Å²) in [4.78, 5) is 1.37. The Labute approximate surface area is 133 Å². The van der Waals surface area contributed by atoms with E-state index in [1.807, 2.05) is 18.4 Å². The normalized spacial score (nSPS) is 16.9. The van der Waals surface area contributed by atoms with Gasteiger partial charge in [0.05, 0.1) is 9.83 Å². The third kappa shape index (κ3) is 2.72. The van der Waals surface area contributed by atoms with Gasteiger partial charge in [-0.25, -0.2) is 0 Å².